The zero-order valence-electron chi connectivity index (χ0n) is 26.4. The maximum atomic E-state index is 12.7. The molecule has 14 heteroatoms. The van der Waals surface area contributed by atoms with Crippen LogP contribution in [0.5, 0.6) is 17.2 Å². The fraction of sp³-hybridized carbons (Fsp3) is 0.394. The predicted octanol–water partition coefficient (Wildman–Crippen LogP) is 2.84. The molecule has 0 spiro atoms. The van der Waals surface area contributed by atoms with E-state index in [1.54, 1.807) is 20.8 Å². The molecule has 254 valence electrons. The van der Waals surface area contributed by atoms with E-state index < -0.39 is 59.3 Å². The van der Waals surface area contributed by atoms with Gasteiger partial charge in [0.15, 0.2) is 5.78 Å². The molecule has 0 radical (unpaired) electrons. The van der Waals surface area contributed by atoms with Crippen LogP contribution in [0.4, 0.5) is 0 Å². The zero-order valence-corrected chi connectivity index (χ0v) is 26.4. The molecule has 5 N–H and O–H groups in total. The minimum atomic E-state index is -1.34. The summed E-state index contributed by atoms with van der Waals surface area (Å²) < 4.78 is 9.89. The van der Waals surface area contributed by atoms with Crippen LogP contribution in [0, 0.1) is 0 Å². The molecule has 1 aliphatic heterocycles. The number of carbonyl (C=O) groups is 6. The van der Waals surface area contributed by atoms with E-state index in [-0.39, 0.29) is 30.2 Å². The molecular weight excluding hydrogens is 616 g/mol. The van der Waals surface area contributed by atoms with Crippen molar-refractivity contribution in [1.82, 2.24) is 10.2 Å². The van der Waals surface area contributed by atoms with Crippen molar-refractivity contribution in [2.75, 3.05) is 13.2 Å². The summed E-state index contributed by atoms with van der Waals surface area (Å²) in [7, 11) is 0. The highest BCUT2D eigenvalue weighted by atomic mass is 16.5. The second kappa shape index (κ2) is 18.7. The summed E-state index contributed by atoms with van der Waals surface area (Å²) in [5.41, 5.74) is 0.848. The summed E-state index contributed by atoms with van der Waals surface area (Å²) in [6.45, 7) is 5.63. The van der Waals surface area contributed by atoms with Crippen LogP contribution in [0.25, 0.3) is 0 Å². The molecule has 14 nitrogen and oxygen atoms in total. The van der Waals surface area contributed by atoms with E-state index in [1.807, 2.05) is 30.3 Å². The number of esters is 2. The number of carboxylic acid groups (broad SMARTS) is 2. The lowest BCUT2D eigenvalue weighted by Crippen LogP contribution is -2.53. The van der Waals surface area contributed by atoms with Gasteiger partial charge in [0.1, 0.15) is 34.9 Å². The fourth-order valence-electron chi connectivity index (χ4n) is 4.78. The number of ether oxygens (including phenoxy) is 2. The second-order valence-electron chi connectivity index (χ2n) is 10.5. The molecule has 0 unspecified atom stereocenters. The van der Waals surface area contributed by atoms with E-state index in [4.69, 9.17) is 14.6 Å². The second-order valence-corrected chi connectivity index (χ2v) is 10.5. The third kappa shape index (κ3) is 11.9. The molecule has 0 saturated carbocycles. The molecule has 0 bridgehead atoms. The predicted molar refractivity (Wildman–Crippen MR) is 167 cm³/mol. The summed E-state index contributed by atoms with van der Waals surface area (Å²) in [6, 6.07) is 9.61. The van der Waals surface area contributed by atoms with Crippen molar-refractivity contribution in [2.24, 2.45) is 0 Å². The zero-order chi connectivity index (χ0) is 35.1. The topological polar surface area (TPSA) is 217 Å². The summed E-state index contributed by atoms with van der Waals surface area (Å²) in [5.74, 6) is -5.84. The number of carboxylic acids is 2. The number of nitrogens with one attached hydrogen (secondary N) is 1. The SMILES string of the molecule is CCC(=O)c1c(O)cc(O)cc1OC(=O)/C=C\C(=O)O.CCOC(=O)[C@H](CCc1ccccc1)N[C@@H](C)C(=O)N1CCC[C@H]1C(=O)O. The smallest absolute Gasteiger partial charge is 0.336 e. The Kier molecular flexibility index (Phi) is 15.1. The van der Waals surface area contributed by atoms with Crippen molar-refractivity contribution in [2.45, 2.75) is 71.0 Å². The summed E-state index contributed by atoms with van der Waals surface area (Å²) >= 11 is 0. The highest BCUT2D eigenvalue weighted by Gasteiger charge is 2.37. The van der Waals surface area contributed by atoms with Crippen molar-refractivity contribution >= 4 is 35.6 Å². The van der Waals surface area contributed by atoms with Gasteiger partial charge in [-0.2, -0.15) is 0 Å². The average Bonchev–Trinajstić information content (AvgIpc) is 3.52. The van der Waals surface area contributed by atoms with E-state index in [1.165, 1.54) is 4.90 Å². The Bertz CT molecular complexity index is 1460. The average molecular weight is 657 g/mol. The standard InChI is InChI=1S/C20H28N2O5.C13H12O7/c1-3-27-20(26)16(12-11-15-8-5-4-6-9-15)21-14(2)18(23)22-13-7-10-17(22)19(24)25;1-2-8(15)13-9(16)5-7(14)6-10(13)20-12(19)4-3-11(17)18/h4-6,8-9,14,16-17,21H,3,7,10-13H2,1-2H3,(H,24,25);3-6,14,16H,2H2,1H3,(H,17,18)/b;4-3-/t14-,16-,17-;/m0./s1. The molecule has 2 aromatic carbocycles. The number of nitrogens with zero attached hydrogens (tertiary/aromatic N) is 1. The van der Waals surface area contributed by atoms with Gasteiger partial charge in [0.2, 0.25) is 5.91 Å². The number of likely N-dealkylation sites (tertiary alicyclic amines) is 1. The molecule has 1 fully saturated rings. The minimum Gasteiger partial charge on any atom is -0.508 e. The normalized spacial score (nSPS) is 15.2. The van der Waals surface area contributed by atoms with Gasteiger partial charge in [-0.15, -0.1) is 0 Å². The van der Waals surface area contributed by atoms with E-state index >= 15 is 0 Å². The number of ketones is 1. The maximum absolute atomic E-state index is 12.7. The first-order valence-electron chi connectivity index (χ1n) is 15.0. The Morgan fingerprint density at radius 3 is 2.30 bits per heavy atom. The van der Waals surface area contributed by atoms with Crippen molar-refractivity contribution in [3.05, 3.63) is 65.7 Å². The molecule has 1 amide bonds. The number of aryl methyl sites for hydroxylation is 1. The molecule has 1 saturated heterocycles. The number of phenolic OH excluding ortho intramolecular Hbond substituents is 2. The quantitative estimate of drug-likeness (QED) is 0.0856. The Labute approximate surface area is 271 Å². The van der Waals surface area contributed by atoms with Crippen LogP contribution in [-0.4, -0.2) is 92.2 Å². The molecule has 3 atom stereocenters. The van der Waals surface area contributed by atoms with Crippen LogP contribution in [0.2, 0.25) is 0 Å². The van der Waals surface area contributed by atoms with Crippen LogP contribution in [0.1, 0.15) is 62.4 Å². The van der Waals surface area contributed by atoms with E-state index in [0.29, 0.717) is 44.4 Å². The monoisotopic (exact) mass is 656 g/mol. The van der Waals surface area contributed by atoms with E-state index in [0.717, 1.165) is 17.7 Å². The van der Waals surface area contributed by atoms with Gasteiger partial charge in [-0.05, 0) is 45.1 Å². The number of hydrogen-bond acceptors (Lipinski definition) is 11. The molecule has 2 aromatic rings. The van der Waals surface area contributed by atoms with Gasteiger partial charge in [-0.3, -0.25) is 19.7 Å². The first-order valence-corrected chi connectivity index (χ1v) is 15.0. The van der Waals surface area contributed by atoms with Crippen LogP contribution >= 0.6 is 0 Å². The third-order valence-electron chi connectivity index (χ3n) is 7.02. The lowest BCUT2D eigenvalue weighted by molar-refractivity contribution is -0.150. The first kappa shape index (κ1) is 37.9. The van der Waals surface area contributed by atoms with Crippen molar-refractivity contribution in [1.29, 1.82) is 0 Å². The number of hydrogen-bond donors (Lipinski definition) is 5. The van der Waals surface area contributed by atoms with Gasteiger partial charge in [0.05, 0.1) is 12.6 Å². The molecule has 3 rings (SSSR count). The van der Waals surface area contributed by atoms with Crippen molar-refractivity contribution in [3.63, 3.8) is 0 Å². The number of Topliss-reactive ketones (excluding diaryl/α,β-unsaturated/α-hetero) is 1. The van der Waals surface area contributed by atoms with Gasteiger partial charge >= 0.3 is 23.9 Å². The first-order chi connectivity index (χ1) is 22.3. The molecule has 1 heterocycles. The van der Waals surface area contributed by atoms with Gasteiger partial charge in [-0.25, -0.2) is 14.4 Å². The summed E-state index contributed by atoms with van der Waals surface area (Å²) in [6.07, 6.45) is 3.54. The number of carbonyl (C=O) groups excluding carboxylic acids is 4. The number of benzene rings is 2. The van der Waals surface area contributed by atoms with E-state index in [9.17, 15) is 44.1 Å². The van der Waals surface area contributed by atoms with Crippen LogP contribution in [-0.2, 0) is 35.1 Å². The van der Waals surface area contributed by atoms with Crippen LogP contribution < -0.4 is 10.1 Å². The number of aliphatic carboxylic acids is 2. The van der Waals surface area contributed by atoms with Crippen LogP contribution in [0.15, 0.2) is 54.6 Å². The number of amides is 1. The van der Waals surface area contributed by atoms with Crippen LogP contribution in [0.3, 0.4) is 0 Å². The fourth-order valence-corrected chi connectivity index (χ4v) is 4.78. The molecule has 1 aliphatic rings. The Hall–Kier alpha value is -5.24. The number of aromatic hydroxyl groups is 2. The molecular formula is C33H40N2O12. The minimum absolute atomic E-state index is 0.0495. The largest absolute Gasteiger partial charge is 0.508 e. The third-order valence-corrected chi connectivity index (χ3v) is 7.02. The van der Waals surface area contributed by atoms with Crippen molar-refractivity contribution < 1.29 is 58.7 Å². The van der Waals surface area contributed by atoms with E-state index in [2.05, 4.69) is 5.32 Å². The Balaban J connectivity index is 0.000000343. The lowest BCUT2D eigenvalue weighted by Gasteiger charge is -2.27. The highest BCUT2D eigenvalue weighted by molar-refractivity contribution is 6.02. The van der Waals surface area contributed by atoms with Crippen molar-refractivity contribution in [3.8, 4) is 17.2 Å². The number of phenols is 2. The Morgan fingerprint density at radius 2 is 1.70 bits per heavy atom. The Morgan fingerprint density at radius 1 is 1.02 bits per heavy atom. The van der Waals surface area contributed by atoms with Gasteiger partial charge < -0.3 is 34.8 Å². The molecule has 0 aromatic heterocycles. The highest BCUT2D eigenvalue weighted by Crippen LogP contribution is 2.34. The lowest BCUT2D eigenvalue weighted by atomic mass is 10.0. The summed E-state index contributed by atoms with van der Waals surface area (Å²) in [5, 5.41) is 39.6. The van der Waals surface area contributed by atoms with Gasteiger partial charge in [0, 0.05) is 37.3 Å². The molecule has 0 aliphatic carbocycles. The van der Waals surface area contributed by atoms with Gasteiger partial charge in [-0.1, -0.05) is 37.3 Å². The molecule has 47 heavy (non-hydrogen) atoms. The number of rotatable bonds is 14. The summed E-state index contributed by atoms with van der Waals surface area (Å²) in [4.78, 5) is 71.0. The van der Waals surface area contributed by atoms with Gasteiger partial charge in [0.25, 0.3) is 0 Å². The maximum Gasteiger partial charge on any atom is 0.336 e.